The summed E-state index contributed by atoms with van der Waals surface area (Å²) in [6, 6.07) is 7.20. The van der Waals surface area contributed by atoms with Gasteiger partial charge in [0.25, 0.3) is 0 Å². The number of likely N-dealkylation sites (tertiary alicyclic amines) is 1. The van der Waals surface area contributed by atoms with Gasteiger partial charge in [-0.2, -0.15) is 13.2 Å². The topological polar surface area (TPSA) is 24.8 Å². The predicted molar refractivity (Wildman–Crippen MR) is 130 cm³/mol. The highest BCUT2D eigenvalue weighted by atomic mass is 19.4. The van der Waals surface area contributed by atoms with Gasteiger partial charge in [-0.25, -0.2) is 0 Å². The van der Waals surface area contributed by atoms with E-state index in [4.69, 9.17) is 15.8 Å². The van der Waals surface area contributed by atoms with Crippen LogP contribution in [0.3, 0.4) is 0 Å². The van der Waals surface area contributed by atoms with Crippen LogP contribution in [0.2, 0.25) is 0 Å². The van der Waals surface area contributed by atoms with Crippen molar-refractivity contribution in [2.24, 2.45) is 5.16 Å². The molecule has 0 spiro atoms. The minimum absolute atomic E-state index is 0.0607. The number of halogens is 3. The summed E-state index contributed by atoms with van der Waals surface area (Å²) in [6.07, 6.45) is -0.951. The van der Waals surface area contributed by atoms with E-state index in [0.717, 1.165) is 25.0 Å². The highest BCUT2D eigenvalue weighted by Crippen LogP contribution is 2.41. The van der Waals surface area contributed by atoms with E-state index in [9.17, 15) is 13.2 Å². The van der Waals surface area contributed by atoms with Crippen LogP contribution in [0.1, 0.15) is 103 Å². The smallest absolute Gasteiger partial charge is 0.391 e. The lowest BCUT2D eigenvalue weighted by molar-refractivity contribution is -0.138. The SMILES string of the molecule is [2H]C([2H])([2H])/C(=N\OC([2H])([2H])c1ccc(C2([2H])CCCCC2)c(C(F)(F)F)c1)c1ccc(C([2H])([2H])N2CCC2)c(CC)c1. The molecule has 0 amide bonds. The molecule has 34 heavy (non-hydrogen) atoms. The lowest BCUT2D eigenvalue weighted by Gasteiger charge is -2.31. The molecule has 1 saturated carbocycles. The van der Waals surface area contributed by atoms with Crippen molar-refractivity contribution < 1.29 is 29.0 Å². The van der Waals surface area contributed by atoms with E-state index in [1.165, 1.54) is 18.2 Å². The van der Waals surface area contributed by atoms with Crippen molar-refractivity contribution in [2.45, 2.75) is 83.8 Å². The average molecular weight is 481 g/mol. The van der Waals surface area contributed by atoms with Crippen LogP contribution in [0.15, 0.2) is 41.6 Å². The molecule has 0 aromatic heterocycles. The molecule has 0 N–H and O–H groups in total. The second-order valence-electron chi connectivity index (χ2n) is 8.73. The van der Waals surface area contributed by atoms with Gasteiger partial charge in [-0.15, -0.1) is 0 Å². The third kappa shape index (κ3) is 6.01. The Morgan fingerprint density at radius 2 is 1.91 bits per heavy atom. The van der Waals surface area contributed by atoms with E-state index in [1.807, 2.05) is 0 Å². The second-order valence-corrected chi connectivity index (χ2v) is 8.73. The van der Waals surface area contributed by atoms with E-state index in [0.29, 0.717) is 49.5 Å². The zero-order valence-electron chi connectivity index (χ0n) is 27.3. The molecule has 2 aromatic carbocycles. The van der Waals surface area contributed by atoms with Gasteiger partial charge >= 0.3 is 6.18 Å². The summed E-state index contributed by atoms with van der Waals surface area (Å²) in [7, 11) is 0. The monoisotopic (exact) mass is 480 g/mol. The van der Waals surface area contributed by atoms with Crippen LogP contribution in [-0.2, 0) is 30.5 Å². The minimum atomic E-state index is -4.85. The van der Waals surface area contributed by atoms with Crippen molar-refractivity contribution in [3.05, 3.63) is 69.8 Å². The van der Waals surface area contributed by atoms with Gasteiger partial charge in [-0.05, 0) is 91.5 Å². The molecule has 184 valence electrons. The van der Waals surface area contributed by atoms with Crippen molar-refractivity contribution in [3.8, 4) is 0 Å². The van der Waals surface area contributed by atoms with Gasteiger partial charge in [-0.1, -0.05) is 55.6 Å². The number of rotatable bonds is 8. The van der Waals surface area contributed by atoms with Crippen LogP contribution < -0.4 is 0 Å². The van der Waals surface area contributed by atoms with Gasteiger partial charge in [0.2, 0.25) is 0 Å². The van der Waals surface area contributed by atoms with Gasteiger partial charge < -0.3 is 4.84 Å². The molecule has 3 nitrogen and oxygen atoms in total. The summed E-state index contributed by atoms with van der Waals surface area (Å²) in [4.78, 5) is 6.71. The Morgan fingerprint density at radius 1 is 1.12 bits per heavy atom. The number of alkyl halides is 3. The summed E-state index contributed by atoms with van der Waals surface area (Å²) in [6.45, 7) is -4.57. The van der Waals surface area contributed by atoms with E-state index in [1.54, 1.807) is 11.8 Å². The molecule has 4 rings (SSSR count). The molecule has 2 aliphatic rings. The molecule has 0 bridgehead atoms. The van der Waals surface area contributed by atoms with Gasteiger partial charge in [0.1, 0.15) is 6.56 Å². The number of oxime groups is 1. The van der Waals surface area contributed by atoms with Crippen LogP contribution in [0.4, 0.5) is 13.2 Å². The fraction of sp³-hybridized carbons (Fsp3) is 0.536. The fourth-order valence-corrected chi connectivity index (χ4v) is 4.31. The van der Waals surface area contributed by atoms with Gasteiger partial charge in [-0.3, -0.25) is 4.90 Å². The second kappa shape index (κ2) is 10.9. The Hall–Kier alpha value is -2.34. The highest BCUT2D eigenvalue weighted by molar-refractivity contribution is 5.98. The van der Waals surface area contributed by atoms with E-state index in [-0.39, 0.29) is 24.0 Å². The third-order valence-corrected chi connectivity index (χ3v) is 6.36. The van der Waals surface area contributed by atoms with Gasteiger partial charge in [0.15, 0.2) is 0 Å². The van der Waals surface area contributed by atoms with Crippen molar-refractivity contribution in [1.29, 1.82) is 0 Å². The molecular formula is C28H35F3N2O. The maximum Gasteiger partial charge on any atom is 0.416 e. The van der Waals surface area contributed by atoms with Crippen molar-refractivity contribution >= 4 is 5.71 Å². The maximum atomic E-state index is 14.1. The molecule has 0 atom stereocenters. The minimum Gasteiger partial charge on any atom is -0.391 e. The Bertz CT molecular complexity index is 1320. The van der Waals surface area contributed by atoms with Gasteiger partial charge in [0.05, 0.1) is 14.0 Å². The van der Waals surface area contributed by atoms with E-state index in [2.05, 4.69) is 5.16 Å². The average Bonchev–Trinajstić information content (AvgIpc) is 2.86. The first-order valence-corrected chi connectivity index (χ1v) is 11.8. The predicted octanol–water partition coefficient (Wildman–Crippen LogP) is 7.46. The van der Waals surface area contributed by atoms with Crippen LogP contribution in [0.5, 0.6) is 0 Å². The van der Waals surface area contributed by atoms with Crippen LogP contribution >= 0.6 is 0 Å². The van der Waals surface area contributed by atoms with Crippen LogP contribution in [0.25, 0.3) is 0 Å². The molecule has 1 heterocycles. The van der Waals surface area contributed by atoms with Crippen molar-refractivity contribution in [1.82, 2.24) is 4.90 Å². The first-order valence-electron chi connectivity index (χ1n) is 15.8. The lowest BCUT2D eigenvalue weighted by Crippen LogP contribution is -2.36. The van der Waals surface area contributed by atoms with Crippen LogP contribution in [-0.4, -0.2) is 23.7 Å². The number of benzene rings is 2. The Kier molecular flexibility index (Phi) is 5.26. The third-order valence-electron chi connectivity index (χ3n) is 6.36. The lowest BCUT2D eigenvalue weighted by atomic mass is 9.81. The van der Waals surface area contributed by atoms with Crippen LogP contribution in [0, 0.1) is 0 Å². The molecule has 6 heteroatoms. The quantitative estimate of drug-likeness (QED) is 0.289. The number of aryl methyl sites for hydroxylation is 1. The summed E-state index contributed by atoms with van der Waals surface area (Å²) in [5.74, 6) is -1.43. The normalized spacial score (nSPS) is 23.7. The molecule has 0 unspecified atom stereocenters. The zero-order valence-corrected chi connectivity index (χ0v) is 19.3. The molecular weight excluding hydrogens is 437 g/mol. The number of hydrogen-bond acceptors (Lipinski definition) is 3. The summed E-state index contributed by atoms with van der Waals surface area (Å²) in [5, 5.41) is 3.62. The van der Waals surface area contributed by atoms with E-state index < -0.39 is 48.8 Å². The van der Waals surface area contributed by atoms with Gasteiger partial charge in [0, 0.05) is 14.7 Å². The first-order chi connectivity index (χ1) is 19.4. The van der Waals surface area contributed by atoms with Crippen molar-refractivity contribution in [3.63, 3.8) is 0 Å². The Morgan fingerprint density at radius 3 is 2.56 bits per heavy atom. The maximum absolute atomic E-state index is 14.1. The highest BCUT2D eigenvalue weighted by Gasteiger charge is 2.35. The standard InChI is InChI=1S/C28H35F3N2O/c1-3-22-17-24(11-12-25(22)18-33-14-7-15-33)20(2)32-34-19-21-10-13-26(23-8-5-4-6-9-23)27(16-21)28(29,30)31/h10-13,16-17,23H,3-9,14-15,18-19H2,1-2H3/b32-20+/i2D3,18D2,19D2,23D. The molecule has 2 aromatic rings. The summed E-state index contributed by atoms with van der Waals surface area (Å²) >= 11 is 0. The molecule has 1 aliphatic heterocycles. The Balaban J connectivity index is 1.69. The Labute approximate surface area is 212 Å². The number of nitrogens with zero attached hydrogens (tertiary/aromatic N) is 2. The first kappa shape index (κ1) is 16.4. The molecule has 0 radical (unpaired) electrons. The van der Waals surface area contributed by atoms with Crippen molar-refractivity contribution in [2.75, 3.05) is 13.1 Å². The molecule has 1 aliphatic carbocycles. The largest absolute Gasteiger partial charge is 0.416 e. The number of hydrogen-bond donors (Lipinski definition) is 0. The fourth-order valence-electron chi connectivity index (χ4n) is 4.31. The molecule has 1 saturated heterocycles. The van der Waals surface area contributed by atoms with E-state index >= 15 is 0 Å². The zero-order chi connectivity index (χ0) is 31.1. The summed E-state index contributed by atoms with van der Waals surface area (Å²) < 4.78 is 109. The molecule has 2 fully saturated rings. The summed E-state index contributed by atoms with van der Waals surface area (Å²) in [5.41, 5.74) is -1.47.